The molecule has 0 spiro atoms. The van der Waals surface area contributed by atoms with Gasteiger partial charge >= 0.3 is 0 Å². The Morgan fingerprint density at radius 3 is 1.35 bits per heavy atom. The van der Waals surface area contributed by atoms with Gasteiger partial charge in [0.05, 0.1) is 0 Å². The van der Waals surface area contributed by atoms with Crippen molar-refractivity contribution in [3.8, 4) is 0 Å². The van der Waals surface area contributed by atoms with Crippen molar-refractivity contribution in [2.24, 2.45) is 0 Å². The van der Waals surface area contributed by atoms with E-state index in [0.717, 1.165) is 0 Å². The molecule has 0 aromatic heterocycles. The maximum atomic E-state index is 2.33. The molecule has 0 aliphatic carbocycles. The lowest BCUT2D eigenvalue weighted by atomic mass is 9.92. The molecule has 0 heteroatoms. The van der Waals surface area contributed by atoms with Gasteiger partial charge in [0.1, 0.15) is 0 Å². The molecular formula is C20H16. The van der Waals surface area contributed by atoms with Crippen molar-refractivity contribution in [3.63, 3.8) is 0 Å². The van der Waals surface area contributed by atoms with E-state index in [-0.39, 0.29) is 0 Å². The fraction of sp³-hybridized carbons (Fsp3) is 0.100. The van der Waals surface area contributed by atoms with E-state index in [4.69, 9.17) is 0 Å². The molecule has 4 aromatic rings. The normalized spacial score (nSPS) is 11.5. The predicted molar refractivity (Wildman–Crippen MR) is 88.4 cm³/mol. The highest BCUT2D eigenvalue weighted by Crippen LogP contribution is 2.33. The molecule has 0 atom stereocenters. The lowest BCUT2D eigenvalue weighted by molar-refractivity contribution is 1.55. The molecule has 96 valence electrons. The minimum absolute atomic E-state index is 1.33. The summed E-state index contributed by atoms with van der Waals surface area (Å²) in [4.78, 5) is 0. The lowest BCUT2D eigenvalue weighted by Crippen LogP contribution is -1.87. The fourth-order valence-electron chi connectivity index (χ4n) is 3.31. The Hall–Kier alpha value is -2.34. The number of aryl methyl sites for hydroxylation is 2. The average molecular weight is 256 g/mol. The van der Waals surface area contributed by atoms with E-state index in [1.165, 1.54) is 43.4 Å². The van der Waals surface area contributed by atoms with Crippen LogP contribution in [0, 0.1) is 13.8 Å². The SMILES string of the molecule is Cc1c2ccccc2cc2c(C)c3ccccc3cc12. The number of fused-ring (bicyclic) bond motifs is 3. The second-order valence-electron chi connectivity index (χ2n) is 5.54. The van der Waals surface area contributed by atoms with Crippen LogP contribution in [0.4, 0.5) is 0 Å². The number of benzene rings is 4. The highest BCUT2D eigenvalue weighted by atomic mass is 14.1. The minimum Gasteiger partial charge on any atom is -0.0616 e. The summed E-state index contributed by atoms with van der Waals surface area (Å²) in [6, 6.07) is 22.0. The van der Waals surface area contributed by atoms with Gasteiger partial charge in [-0.2, -0.15) is 0 Å². The highest BCUT2D eigenvalue weighted by molar-refractivity contribution is 6.09. The summed E-state index contributed by atoms with van der Waals surface area (Å²) >= 11 is 0. The van der Waals surface area contributed by atoms with Gasteiger partial charge in [0, 0.05) is 0 Å². The smallest absolute Gasteiger partial charge is 0.0139 e. The summed E-state index contributed by atoms with van der Waals surface area (Å²) in [5, 5.41) is 8.12. The molecular weight excluding hydrogens is 240 g/mol. The third-order valence-corrected chi connectivity index (χ3v) is 4.43. The maximum absolute atomic E-state index is 2.33. The molecule has 4 aromatic carbocycles. The summed E-state index contributed by atoms with van der Waals surface area (Å²) < 4.78 is 0. The van der Waals surface area contributed by atoms with Crippen molar-refractivity contribution in [3.05, 3.63) is 71.8 Å². The van der Waals surface area contributed by atoms with Crippen molar-refractivity contribution >= 4 is 32.3 Å². The van der Waals surface area contributed by atoms with Crippen molar-refractivity contribution < 1.29 is 0 Å². The molecule has 0 unspecified atom stereocenters. The number of rotatable bonds is 0. The van der Waals surface area contributed by atoms with Crippen LogP contribution in [0.3, 0.4) is 0 Å². The molecule has 0 radical (unpaired) electrons. The maximum Gasteiger partial charge on any atom is -0.0139 e. The van der Waals surface area contributed by atoms with Crippen LogP contribution in [-0.2, 0) is 0 Å². The van der Waals surface area contributed by atoms with E-state index in [0.29, 0.717) is 0 Å². The van der Waals surface area contributed by atoms with E-state index >= 15 is 0 Å². The molecule has 20 heavy (non-hydrogen) atoms. The van der Waals surface area contributed by atoms with Crippen LogP contribution in [0.15, 0.2) is 60.7 Å². The molecule has 0 bridgehead atoms. The van der Waals surface area contributed by atoms with E-state index in [1.807, 2.05) is 0 Å². The highest BCUT2D eigenvalue weighted by Gasteiger charge is 2.08. The first-order chi connectivity index (χ1) is 9.75. The average Bonchev–Trinajstić information content (AvgIpc) is 2.49. The van der Waals surface area contributed by atoms with Gasteiger partial charge in [0.15, 0.2) is 0 Å². The first kappa shape index (κ1) is 11.5. The summed E-state index contributed by atoms with van der Waals surface area (Å²) in [6.45, 7) is 4.47. The van der Waals surface area contributed by atoms with Crippen molar-refractivity contribution in [2.45, 2.75) is 13.8 Å². The van der Waals surface area contributed by atoms with Crippen LogP contribution in [-0.4, -0.2) is 0 Å². The van der Waals surface area contributed by atoms with E-state index in [2.05, 4.69) is 74.5 Å². The predicted octanol–water partition coefficient (Wildman–Crippen LogP) is 5.76. The van der Waals surface area contributed by atoms with Crippen LogP contribution in [0.2, 0.25) is 0 Å². The molecule has 4 rings (SSSR count). The summed E-state index contributed by atoms with van der Waals surface area (Å²) in [5.41, 5.74) is 2.76. The zero-order chi connectivity index (χ0) is 13.7. The van der Waals surface area contributed by atoms with Crippen LogP contribution >= 0.6 is 0 Å². The number of hydrogen-bond acceptors (Lipinski definition) is 0. The Morgan fingerprint density at radius 2 is 0.900 bits per heavy atom. The van der Waals surface area contributed by atoms with Crippen LogP contribution < -0.4 is 0 Å². The zero-order valence-corrected chi connectivity index (χ0v) is 11.8. The largest absolute Gasteiger partial charge is 0.0616 e. The third-order valence-electron chi connectivity index (χ3n) is 4.43. The topological polar surface area (TPSA) is 0 Å². The molecule has 0 amide bonds. The Kier molecular flexibility index (Phi) is 2.34. The lowest BCUT2D eigenvalue weighted by Gasteiger charge is -2.12. The molecule has 0 saturated heterocycles. The zero-order valence-electron chi connectivity index (χ0n) is 11.8. The Balaban J connectivity index is 2.31. The summed E-state index contributed by atoms with van der Waals surface area (Å²) in [5.74, 6) is 0. The Morgan fingerprint density at radius 1 is 0.500 bits per heavy atom. The molecule has 0 heterocycles. The minimum atomic E-state index is 1.33. The molecule has 0 aliphatic rings. The van der Waals surface area contributed by atoms with Gasteiger partial charge < -0.3 is 0 Å². The van der Waals surface area contributed by atoms with Gasteiger partial charge in [-0.05, 0) is 69.4 Å². The van der Waals surface area contributed by atoms with Crippen LogP contribution in [0.1, 0.15) is 11.1 Å². The molecule has 0 aliphatic heterocycles. The van der Waals surface area contributed by atoms with E-state index < -0.39 is 0 Å². The van der Waals surface area contributed by atoms with Gasteiger partial charge in [-0.1, -0.05) is 48.5 Å². The summed E-state index contributed by atoms with van der Waals surface area (Å²) in [7, 11) is 0. The Labute approximate surface area is 118 Å². The second kappa shape index (κ2) is 4.08. The van der Waals surface area contributed by atoms with E-state index in [9.17, 15) is 0 Å². The van der Waals surface area contributed by atoms with E-state index in [1.54, 1.807) is 0 Å². The molecule has 0 fully saturated rings. The fourth-order valence-corrected chi connectivity index (χ4v) is 3.31. The van der Waals surface area contributed by atoms with Gasteiger partial charge in [-0.15, -0.1) is 0 Å². The second-order valence-corrected chi connectivity index (χ2v) is 5.54. The van der Waals surface area contributed by atoms with Gasteiger partial charge in [-0.25, -0.2) is 0 Å². The Bertz CT molecular complexity index is 881. The third kappa shape index (κ3) is 1.48. The first-order valence-electron chi connectivity index (χ1n) is 7.06. The van der Waals surface area contributed by atoms with Crippen LogP contribution in [0.25, 0.3) is 32.3 Å². The first-order valence-corrected chi connectivity index (χ1v) is 7.06. The summed E-state index contributed by atoms with van der Waals surface area (Å²) in [6.07, 6.45) is 0. The molecule has 0 saturated carbocycles. The monoisotopic (exact) mass is 256 g/mol. The molecule has 0 nitrogen and oxygen atoms in total. The van der Waals surface area contributed by atoms with Gasteiger partial charge in [0.25, 0.3) is 0 Å². The van der Waals surface area contributed by atoms with Crippen molar-refractivity contribution in [1.82, 2.24) is 0 Å². The van der Waals surface area contributed by atoms with Crippen LogP contribution in [0.5, 0.6) is 0 Å². The van der Waals surface area contributed by atoms with Crippen molar-refractivity contribution in [1.29, 1.82) is 0 Å². The molecule has 0 N–H and O–H groups in total. The van der Waals surface area contributed by atoms with Crippen molar-refractivity contribution in [2.75, 3.05) is 0 Å². The quantitative estimate of drug-likeness (QED) is 0.351. The van der Waals surface area contributed by atoms with Gasteiger partial charge in [-0.3, -0.25) is 0 Å². The number of hydrogen-bond donors (Lipinski definition) is 0. The standard InChI is InChI=1S/C20H16/c1-13-17-9-5-3-7-15(17)12-20-14(2)18-10-6-4-8-16(18)11-19(13)20/h3-12H,1-2H3. The van der Waals surface area contributed by atoms with Gasteiger partial charge in [0.2, 0.25) is 0 Å².